The maximum Gasteiger partial charge on any atom is 0.416 e. The van der Waals surface area contributed by atoms with Crippen LogP contribution in [0.25, 0.3) is 0 Å². The number of halogens is 3. The van der Waals surface area contributed by atoms with Gasteiger partial charge in [0.2, 0.25) is 0 Å². The van der Waals surface area contributed by atoms with E-state index >= 15 is 0 Å². The molecule has 0 saturated heterocycles. The third kappa shape index (κ3) is 3.73. The van der Waals surface area contributed by atoms with E-state index in [2.05, 4.69) is 0 Å². The highest BCUT2D eigenvalue weighted by atomic mass is 19.4. The Hall–Kier alpha value is -1.23. The van der Waals surface area contributed by atoms with Crippen molar-refractivity contribution in [3.63, 3.8) is 0 Å². The van der Waals surface area contributed by atoms with E-state index in [1.54, 1.807) is 6.92 Å². The molecule has 0 radical (unpaired) electrons. The lowest BCUT2D eigenvalue weighted by Gasteiger charge is -2.12. The molecule has 90 valence electrons. The van der Waals surface area contributed by atoms with E-state index < -0.39 is 11.7 Å². The van der Waals surface area contributed by atoms with Gasteiger partial charge in [-0.05, 0) is 18.2 Å². The summed E-state index contributed by atoms with van der Waals surface area (Å²) in [6, 6.07) is 4.69. The standard InChI is InChI=1S/C11H13F3O2/c1-8(6-15)7-16-10-4-2-3-9(5-10)11(12,13)14/h2-5,8,15H,6-7H2,1H3. The predicted molar refractivity (Wildman–Crippen MR) is 53.2 cm³/mol. The van der Waals surface area contributed by atoms with Gasteiger partial charge in [0.15, 0.2) is 0 Å². The van der Waals surface area contributed by atoms with Crippen molar-refractivity contribution in [2.75, 3.05) is 13.2 Å². The molecular weight excluding hydrogens is 221 g/mol. The average Bonchev–Trinajstić information content (AvgIpc) is 2.25. The first kappa shape index (κ1) is 12.8. The molecule has 0 fully saturated rings. The van der Waals surface area contributed by atoms with Crippen molar-refractivity contribution in [1.29, 1.82) is 0 Å². The number of ether oxygens (including phenoxy) is 1. The molecule has 1 aromatic rings. The zero-order valence-corrected chi connectivity index (χ0v) is 8.79. The topological polar surface area (TPSA) is 29.5 Å². The highest BCUT2D eigenvalue weighted by molar-refractivity contribution is 5.30. The number of aliphatic hydroxyl groups is 1. The summed E-state index contributed by atoms with van der Waals surface area (Å²) in [6.07, 6.45) is -4.36. The van der Waals surface area contributed by atoms with Gasteiger partial charge in [-0.3, -0.25) is 0 Å². The lowest BCUT2D eigenvalue weighted by Crippen LogP contribution is -2.12. The largest absolute Gasteiger partial charge is 0.493 e. The van der Waals surface area contributed by atoms with Crippen LogP contribution in [0.5, 0.6) is 5.75 Å². The van der Waals surface area contributed by atoms with Crippen LogP contribution >= 0.6 is 0 Å². The Labute approximate surface area is 91.7 Å². The molecule has 1 aromatic carbocycles. The molecule has 0 aromatic heterocycles. The molecule has 1 atom stereocenters. The number of rotatable bonds is 4. The summed E-state index contributed by atoms with van der Waals surface area (Å²) < 4.78 is 42.1. The molecule has 2 nitrogen and oxygen atoms in total. The maximum atomic E-state index is 12.3. The molecule has 0 aliphatic rings. The lowest BCUT2D eigenvalue weighted by molar-refractivity contribution is -0.137. The summed E-state index contributed by atoms with van der Waals surface area (Å²) in [4.78, 5) is 0. The van der Waals surface area contributed by atoms with Crippen molar-refractivity contribution in [1.82, 2.24) is 0 Å². The monoisotopic (exact) mass is 234 g/mol. The van der Waals surface area contributed by atoms with Crippen molar-refractivity contribution < 1.29 is 23.0 Å². The minimum absolute atomic E-state index is 0.0566. The molecule has 0 amide bonds. The van der Waals surface area contributed by atoms with E-state index in [4.69, 9.17) is 9.84 Å². The second kappa shape index (κ2) is 5.21. The van der Waals surface area contributed by atoms with Gasteiger partial charge in [-0.15, -0.1) is 0 Å². The third-order valence-electron chi connectivity index (χ3n) is 2.01. The van der Waals surface area contributed by atoms with Crippen LogP contribution in [0.4, 0.5) is 13.2 Å². The normalized spacial score (nSPS) is 13.6. The van der Waals surface area contributed by atoms with Crippen LogP contribution in [0, 0.1) is 5.92 Å². The molecule has 1 unspecified atom stereocenters. The molecule has 5 heteroatoms. The Morgan fingerprint density at radius 3 is 2.62 bits per heavy atom. The summed E-state index contributed by atoms with van der Waals surface area (Å²) in [5.41, 5.74) is -0.735. The first-order chi connectivity index (χ1) is 7.43. The summed E-state index contributed by atoms with van der Waals surface area (Å²) in [5.74, 6) is 0.0599. The zero-order valence-electron chi connectivity index (χ0n) is 8.79. The Morgan fingerprint density at radius 2 is 2.06 bits per heavy atom. The average molecular weight is 234 g/mol. The molecule has 0 spiro atoms. The Balaban J connectivity index is 2.68. The smallest absolute Gasteiger partial charge is 0.416 e. The third-order valence-corrected chi connectivity index (χ3v) is 2.01. The lowest BCUT2D eigenvalue weighted by atomic mass is 10.2. The van der Waals surface area contributed by atoms with Crippen LogP contribution in [-0.4, -0.2) is 18.3 Å². The SMILES string of the molecule is CC(CO)COc1cccc(C(F)(F)F)c1. The van der Waals surface area contributed by atoms with Crippen molar-refractivity contribution in [3.05, 3.63) is 29.8 Å². The molecule has 16 heavy (non-hydrogen) atoms. The molecule has 0 bridgehead atoms. The first-order valence-corrected chi connectivity index (χ1v) is 4.84. The molecule has 0 aliphatic heterocycles. The van der Waals surface area contributed by atoms with Crippen LogP contribution in [0.3, 0.4) is 0 Å². The second-order valence-corrected chi connectivity index (χ2v) is 3.62. The summed E-state index contributed by atoms with van der Waals surface area (Å²) in [6.45, 7) is 1.88. The highest BCUT2D eigenvalue weighted by Gasteiger charge is 2.30. The number of alkyl halides is 3. The second-order valence-electron chi connectivity index (χ2n) is 3.62. The van der Waals surface area contributed by atoms with Crippen LogP contribution in [-0.2, 0) is 6.18 Å². The van der Waals surface area contributed by atoms with Gasteiger partial charge in [-0.2, -0.15) is 13.2 Å². The summed E-state index contributed by atoms with van der Waals surface area (Å²) in [5, 5.41) is 8.74. The molecule has 1 rings (SSSR count). The van der Waals surface area contributed by atoms with E-state index in [9.17, 15) is 13.2 Å². The number of benzene rings is 1. The van der Waals surface area contributed by atoms with Gasteiger partial charge in [0.1, 0.15) is 5.75 Å². The first-order valence-electron chi connectivity index (χ1n) is 4.84. The fourth-order valence-electron chi connectivity index (χ4n) is 1.05. The maximum absolute atomic E-state index is 12.3. The van der Waals surface area contributed by atoms with E-state index in [0.717, 1.165) is 12.1 Å². The highest BCUT2D eigenvalue weighted by Crippen LogP contribution is 2.31. The van der Waals surface area contributed by atoms with Crippen LogP contribution in [0.2, 0.25) is 0 Å². The zero-order chi connectivity index (χ0) is 12.2. The van der Waals surface area contributed by atoms with Crippen molar-refractivity contribution >= 4 is 0 Å². The Bertz CT molecular complexity index is 336. The van der Waals surface area contributed by atoms with E-state index in [1.807, 2.05) is 0 Å². The van der Waals surface area contributed by atoms with Crippen LogP contribution < -0.4 is 4.74 Å². The van der Waals surface area contributed by atoms with Gasteiger partial charge in [-0.1, -0.05) is 13.0 Å². The summed E-state index contributed by atoms with van der Waals surface area (Å²) >= 11 is 0. The van der Waals surface area contributed by atoms with Gasteiger partial charge in [0.25, 0.3) is 0 Å². The minimum atomic E-state index is -4.36. The van der Waals surface area contributed by atoms with Gasteiger partial charge in [-0.25, -0.2) is 0 Å². The van der Waals surface area contributed by atoms with Crippen molar-refractivity contribution in [2.24, 2.45) is 5.92 Å². The quantitative estimate of drug-likeness (QED) is 0.867. The molecular formula is C11H13F3O2. The van der Waals surface area contributed by atoms with Crippen molar-refractivity contribution in [3.8, 4) is 5.75 Å². The van der Waals surface area contributed by atoms with Gasteiger partial charge >= 0.3 is 6.18 Å². The number of aliphatic hydroxyl groups excluding tert-OH is 1. The van der Waals surface area contributed by atoms with Gasteiger partial charge < -0.3 is 9.84 Å². The van der Waals surface area contributed by atoms with Crippen LogP contribution in [0.1, 0.15) is 12.5 Å². The molecule has 0 saturated carbocycles. The van der Waals surface area contributed by atoms with Crippen LogP contribution in [0.15, 0.2) is 24.3 Å². The Kier molecular flexibility index (Phi) is 4.18. The fraction of sp³-hybridized carbons (Fsp3) is 0.455. The molecule has 1 N–H and O–H groups in total. The Morgan fingerprint density at radius 1 is 1.38 bits per heavy atom. The van der Waals surface area contributed by atoms with E-state index in [1.165, 1.54) is 12.1 Å². The fourth-order valence-corrected chi connectivity index (χ4v) is 1.05. The molecule has 0 heterocycles. The number of hydrogen-bond acceptors (Lipinski definition) is 2. The summed E-state index contributed by atoms with van der Waals surface area (Å²) in [7, 11) is 0. The minimum Gasteiger partial charge on any atom is -0.493 e. The number of hydrogen-bond donors (Lipinski definition) is 1. The van der Waals surface area contributed by atoms with E-state index in [0.29, 0.717) is 0 Å². The van der Waals surface area contributed by atoms with E-state index in [-0.39, 0.29) is 24.9 Å². The van der Waals surface area contributed by atoms with Gasteiger partial charge in [0, 0.05) is 12.5 Å². The molecule has 0 aliphatic carbocycles. The van der Waals surface area contributed by atoms with Crippen molar-refractivity contribution in [2.45, 2.75) is 13.1 Å². The predicted octanol–water partition coefficient (Wildman–Crippen LogP) is 2.71. The van der Waals surface area contributed by atoms with Gasteiger partial charge in [0.05, 0.1) is 12.2 Å².